The second-order valence-corrected chi connectivity index (χ2v) is 9.74. The molecule has 2 aliphatic rings. The fourth-order valence-corrected chi connectivity index (χ4v) is 5.01. The van der Waals surface area contributed by atoms with Gasteiger partial charge in [0.25, 0.3) is 5.91 Å². The molecule has 176 valence electrons. The highest BCUT2D eigenvalue weighted by Crippen LogP contribution is 2.40. The van der Waals surface area contributed by atoms with Gasteiger partial charge in [-0.2, -0.15) is 4.98 Å². The second kappa shape index (κ2) is 7.98. The third-order valence-electron chi connectivity index (χ3n) is 5.40. The first-order valence-electron chi connectivity index (χ1n) is 9.64. The maximum Gasteiger partial charge on any atom is 0.351 e. The normalized spacial score (nSPS) is 28.1. The van der Waals surface area contributed by atoms with Crippen molar-refractivity contribution in [3.8, 4) is 0 Å². The minimum atomic E-state index is -3.91. The van der Waals surface area contributed by atoms with E-state index in [4.69, 9.17) is 4.74 Å². The number of aromatic nitrogens is 2. The number of aliphatic hydroxyl groups is 2. The highest BCUT2D eigenvalue weighted by Gasteiger charge is 2.55. The first-order valence-corrected chi connectivity index (χ1v) is 11.3. The molecule has 33 heavy (non-hydrogen) atoms. The number of carbonyl (C=O) groups excluding carboxylic acids is 2. The zero-order valence-electron chi connectivity index (χ0n) is 17.1. The van der Waals surface area contributed by atoms with Crippen LogP contribution in [0, 0.1) is 0 Å². The molecular formula is C19H19FN4O8S. The molecule has 3 heterocycles. The number of sulfone groups is 1. The van der Waals surface area contributed by atoms with Gasteiger partial charge >= 0.3 is 5.69 Å². The van der Waals surface area contributed by atoms with Crippen molar-refractivity contribution in [2.24, 2.45) is 0 Å². The molecule has 4 atom stereocenters. The summed E-state index contributed by atoms with van der Waals surface area (Å²) in [4.78, 5) is 39.9. The molecule has 14 heteroatoms. The topological polar surface area (TPSA) is 177 Å². The van der Waals surface area contributed by atoms with Crippen molar-refractivity contribution in [3.63, 3.8) is 0 Å². The van der Waals surface area contributed by atoms with Crippen molar-refractivity contribution in [1.29, 1.82) is 0 Å². The fraction of sp³-hybridized carbons (Fsp3) is 0.368. The Morgan fingerprint density at radius 3 is 2.76 bits per heavy atom. The fourth-order valence-electron chi connectivity index (χ4n) is 3.67. The molecule has 2 unspecified atom stereocenters. The third kappa shape index (κ3) is 4.01. The molecule has 1 saturated heterocycles. The quantitative estimate of drug-likeness (QED) is 0.434. The number of alkyl halides is 1. The smallest absolute Gasteiger partial charge is 0.351 e. The van der Waals surface area contributed by atoms with Gasteiger partial charge in [0.1, 0.15) is 23.8 Å². The summed E-state index contributed by atoms with van der Waals surface area (Å²) in [6.45, 7) is 0.361. The average Bonchev–Trinajstić information content (AvgIpc) is 2.96. The molecule has 2 aromatic rings. The largest absolute Gasteiger partial charge is 0.394 e. The van der Waals surface area contributed by atoms with Gasteiger partial charge in [-0.1, -0.05) is 0 Å². The number of halogens is 1. The number of nitrogens with zero attached hydrogens (tertiary/aromatic N) is 2. The number of nitrogens with one attached hydrogen (secondary N) is 2. The Morgan fingerprint density at radius 1 is 1.39 bits per heavy atom. The highest BCUT2D eigenvalue weighted by molar-refractivity contribution is 7.92. The van der Waals surface area contributed by atoms with Gasteiger partial charge in [0.15, 0.2) is 21.7 Å². The molecule has 0 bridgehead atoms. The number of amides is 2. The number of ether oxygens (including phenoxy) is 1. The van der Waals surface area contributed by atoms with Crippen molar-refractivity contribution in [2.45, 2.75) is 35.9 Å². The number of rotatable bonds is 4. The number of hydrogen-bond donors (Lipinski definition) is 4. The van der Waals surface area contributed by atoms with Crippen molar-refractivity contribution in [1.82, 2.24) is 9.55 Å². The number of carbonyl (C=O) groups is 2. The van der Waals surface area contributed by atoms with E-state index in [1.54, 1.807) is 0 Å². The molecule has 1 fully saturated rings. The van der Waals surface area contributed by atoms with Crippen LogP contribution in [-0.4, -0.2) is 70.2 Å². The van der Waals surface area contributed by atoms with Gasteiger partial charge in [0.2, 0.25) is 5.91 Å². The number of fused-ring (bicyclic) bond motifs is 1. The summed E-state index contributed by atoms with van der Waals surface area (Å²) in [7, 11) is -3.91. The van der Waals surface area contributed by atoms with E-state index in [-0.39, 0.29) is 22.0 Å². The van der Waals surface area contributed by atoms with E-state index in [1.165, 1.54) is 18.2 Å². The molecule has 2 amide bonds. The van der Waals surface area contributed by atoms with Crippen LogP contribution < -0.4 is 16.3 Å². The molecule has 1 aromatic heterocycles. The van der Waals surface area contributed by atoms with E-state index >= 15 is 0 Å². The Kier molecular flexibility index (Phi) is 5.56. The summed E-state index contributed by atoms with van der Waals surface area (Å²) in [6.07, 6.45) is -3.37. The minimum Gasteiger partial charge on any atom is -0.394 e. The van der Waals surface area contributed by atoms with E-state index in [1.807, 2.05) is 0 Å². The van der Waals surface area contributed by atoms with Gasteiger partial charge in [-0.05, 0) is 31.2 Å². The molecule has 0 radical (unpaired) electrons. The molecule has 0 aliphatic carbocycles. The van der Waals surface area contributed by atoms with E-state index in [0.717, 1.165) is 23.8 Å². The lowest BCUT2D eigenvalue weighted by atomic mass is 9.98. The Morgan fingerprint density at radius 2 is 2.12 bits per heavy atom. The van der Waals surface area contributed by atoms with Gasteiger partial charge in [-0.25, -0.2) is 17.6 Å². The molecule has 4 N–H and O–H groups in total. The number of aliphatic hydroxyl groups excluding tert-OH is 2. The molecule has 2 aliphatic heterocycles. The van der Waals surface area contributed by atoms with E-state index in [2.05, 4.69) is 15.6 Å². The van der Waals surface area contributed by atoms with Crippen LogP contribution in [-0.2, 0) is 19.4 Å². The van der Waals surface area contributed by atoms with Crippen LogP contribution in [0.25, 0.3) is 0 Å². The Hall–Kier alpha value is -3.20. The average molecular weight is 482 g/mol. The lowest BCUT2D eigenvalue weighted by molar-refractivity contribution is -0.114. The maximum absolute atomic E-state index is 14.9. The summed E-state index contributed by atoms with van der Waals surface area (Å²) in [6, 6.07) is 4.84. The second-order valence-electron chi connectivity index (χ2n) is 7.78. The standard InChI is InChI=1S/C19H19FN4O8S/c1-19(20)15(27)11(7-25)32-17(19)24-5-4-13(23-18(24)29)22-16(28)9-2-3-10-12(6-9)33(30,31)8-14(26)21-10/h2-6,11,15,17,25,27H,7-8H2,1H3,(H,21,26)(H,22,23,28,29)/t11-,15-,17?,19?/m1/s1. The Bertz CT molecular complexity index is 1310. The summed E-state index contributed by atoms with van der Waals surface area (Å²) in [5, 5.41) is 23.9. The zero-order chi connectivity index (χ0) is 24.1. The van der Waals surface area contributed by atoms with Gasteiger partial charge in [-0.3, -0.25) is 14.2 Å². The SMILES string of the molecule is CC1(F)C(n2ccc(NC(=O)c3ccc4c(c3)S(=O)(=O)CC(=O)N4)nc2=O)O[C@H](CO)[C@H]1O. The van der Waals surface area contributed by atoms with Crippen LogP contribution in [0.1, 0.15) is 23.5 Å². The number of anilines is 2. The van der Waals surface area contributed by atoms with Crippen LogP contribution in [0.2, 0.25) is 0 Å². The molecule has 4 rings (SSSR count). The molecule has 1 aromatic carbocycles. The number of hydrogen-bond acceptors (Lipinski definition) is 9. The van der Waals surface area contributed by atoms with Gasteiger partial charge in [0, 0.05) is 11.8 Å². The van der Waals surface area contributed by atoms with Crippen LogP contribution in [0.5, 0.6) is 0 Å². The van der Waals surface area contributed by atoms with E-state index < -0.39 is 63.8 Å². The molecule has 12 nitrogen and oxygen atoms in total. The van der Waals surface area contributed by atoms with Crippen molar-refractivity contribution < 1.29 is 37.3 Å². The van der Waals surface area contributed by atoms with Crippen LogP contribution >= 0.6 is 0 Å². The van der Waals surface area contributed by atoms with Gasteiger partial charge in [0.05, 0.1) is 17.2 Å². The van der Waals surface area contributed by atoms with Gasteiger partial charge < -0.3 is 25.6 Å². The van der Waals surface area contributed by atoms with E-state index in [9.17, 15) is 37.4 Å². The lowest BCUT2D eigenvalue weighted by Crippen LogP contribution is -2.42. The van der Waals surface area contributed by atoms with E-state index in [0.29, 0.717) is 0 Å². The summed E-state index contributed by atoms with van der Waals surface area (Å²) < 4.78 is 45.4. The molecular weight excluding hydrogens is 463 g/mol. The summed E-state index contributed by atoms with van der Waals surface area (Å²) in [5.74, 6) is -2.41. The zero-order valence-corrected chi connectivity index (χ0v) is 17.9. The first kappa shape index (κ1) is 23.0. The van der Waals surface area contributed by atoms with Crippen LogP contribution in [0.3, 0.4) is 0 Å². The Labute approximate surface area is 185 Å². The van der Waals surface area contributed by atoms with Crippen molar-refractivity contribution in [3.05, 3.63) is 46.5 Å². The molecule has 0 saturated carbocycles. The predicted octanol–water partition coefficient (Wildman–Crippen LogP) is -0.800. The maximum atomic E-state index is 14.9. The number of benzene rings is 1. The predicted molar refractivity (Wildman–Crippen MR) is 110 cm³/mol. The first-order chi connectivity index (χ1) is 15.4. The van der Waals surface area contributed by atoms with Gasteiger partial charge in [-0.15, -0.1) is 0 Å². The third-order valence-corrected chi connectivity index (χ3v) is 7.05. The summed E-state index contributed by atoms with van der Waals surface area (Å²) >= 11 is 0. The molecule has 0 spiro atoms. The lowest BCUT2D eigenvalue weighted by Gasteiger charge is -2.24. The van der Waals surface area contributed by atoms with Crippen molar-refractivity contribution >= 4 is 33.2 Å². The summed E-state index contributed by atoms with van der Waals surface area (Å²) in [5.41, 5.74) is -3.40. The monoisotopic (exact) mass is 482 g/mol. The van der Waals surface area contributed by atoms with Crippen molar-refractivity contribution in [2.75, 3.05) is 23.0 Å². The van der Waals surface area contributed by atoms with Crippen LogP contribution in [0.15, 0.2) is 40.2 Å². The van der Waals surface area contributed by atoms with Crippen LogP contribution in [0.4, 0.5) is 15.9 Å². The Balaban J connectivity index is 1.57. The minimum absolute atomic E-state index is 0.0535. The highest BCUT2D eigenvalue weighted by atomic mass is 32.2.